The monoisotopic (exact) mass is 423 g/mol. The first-order chi connectivity index (χ1) is 15.6. The van der Waals surface area contributed by atoms with Crippen LogP contribution in [0.5, 0.6) is 0 Å². The number of carbonyl (C=O) groups is 1. The van der Waals surface area contributed by atoms with E-state index in [1.165, 1.54) is 22.3 Å². The van der Waals surface area contributed by atoms with Crippen molar-refractivity contribution in [3.8, 4) is 0 Å². The average Bonchev–Trinajstić information content (AvgIpc) is 3.20. The summed E-state index contributed by atoms with van der Waals surface area (Å²) in [5.74, 6) is -0.0539. The summed E-state index contributed by atoms with van der Waals surface area (Å²) in [4.78, 5) is 14.8. The number of carboxylic acids is 1. The van der Waals surface area contributed by atoms with E-state index in [4.69, 9.17) is 0 Å². The van der Waals surface area contributed by atoms with Gasteiger partial charge in [-0.25, -0.2) is 0 Å². The fourth-order valence-electron chi connectivity index (χ4n) is 7.64. The number of likely N-dealkylation sites (tertiary alicyclic amines) is 1. The zero-order chi connectivity index (χ0) is 21.8. The van der Waals surface area contributed by atoms with E-state index in [0.717, 1.165) is 32.5 Å². The Morgan fingerprint density at radius 2 is 1.62 bits per heavy atom. The molecule has 162 valence electrons. The second kappa shape index (κ2) is 7.31. The van der Waals surface area contributed by atoms with Crippen LogP contribution < -0.4 is 0 Å². The van der Waals surface area contributed by atoms with Gasteiger partial charge in [-0.1, -0.05) is 84.9 Å². The van der Waals surface area contributed by atoms with Gasteiger partial charge < -0.3 is 5.11 Å². The molecule has 1 aliphatic heterocycles. The predicted octanol–water partition coefficient (Wildman–Crippen LogP) is 5.46. The molecule has 7 rings (SSSR count). The van der Waals surface area contributed by atoms with Gasteiger partial charge in [0.05, 0.1) is 6.42 Å². The second-order valence-corrected chi connectivity index (χ2v) is 10.0. The van der Waals surface area contributed by atoms with Crippen LogP contribution in [-0.4, -0.2) is 29.1 Å². The molecule has 0 aromatic heterocycles. The highest BCUT2D eigenvalue weighted by Gasteiger charge is 2.67. The van der Waals surface area contributed by atoms with Crippen molar-refractivity contribution in [1.29, 1.82) is 0 Å². The van der Waals surface area contributed by atoms with E-state index in [-0.39, 0.29) is 17.3 Å². The van der Waals surface area contributed by atoms with E-state index in [9.17, 15) is 9.90 Å². The van der Waals surface area contributed by atoms with E-state index in [1.807, 2.05) is 0 Å². The van der Waals surface area contributed by atoms with Crippen molar-refractivity contribution in [2.24, 2.45) is 11.3 Å². The van der Waals surface area contributed by atoms with Crippen LogP contribution in [0.25, 0.3) is 0 Å². The molecule has 3 nitrogen and oxygen atoms in total. The maximum absolute atomic E-state index is 12.3. The molecule has 3 heteroatoms. The normalized spacial score (nSPS) is 30.6. The van der Waals surface area contributed by atoms with Crippen LogP contribution >= 0.6 is 0 Å². The molecule has 2 fully saturated rings. The third-order valence-corrected chi connectivity index (χ3v) is 8.60. The topological polar surface area (TPSA) is 40.5 Å². The molecule has 4 atom stereocenters. The average molecular weight is 424 g/mol. The van der Waals surface area contributed by atoms with Crippen molar-refractivity contribution in [3.63, 3.8) is 0 Å². The van der Waals surface area contributed by atoms with Crippen molar-refractivity contribution in [3.05, 3.63) is 107 Å². The fourth-order valence-corrected chi connectivity index (χ4v) is 7.64. The lowest BCUT2D eigenvalue weighted by molar-refractivity contribution is -0.142. The minimum atomic E-state index is -0.662. The summed E-state index contributed by atoms with van der Waals surface area (Å²) in [6, 6.07) is 30.4. The minimum absolute atomic E-state index is 0.118. The largest absolute Gasteiger partial charge is 0.481 e. The molecule has 1 heterocycles. The maximum atomic E-state index is 12.3. The van der Waals surface area contributed by atoms with Gasteiger partial charge in [-0.2, -0.15) is 0 Å². The van der Waals surface area contributed by atoms with E-state index >= 15 is 0 Å². The number of carboxylic acid groups (broad SMARTS) is 1. The molecule has 32 heavy (non-hydrogen) atoms. The standard InChI is InChI=1S/C29H29NO2/c31-27(32)17-28-20-30(18-21-9-3-1-4-10-21)19-26(28)29(22-11-5-2-6-12-22)16-15-24(28)23-13-7-8-14-25(23)29/h1-14,24,26H,15-20H2,(H,31,32). The van der Waals surface area contributed by atoms with Crippen LogP contribution in [0, 0.1) is 11.3 Å². The molecule has 1 saturated heterocycles. The Morgan fingerprint density at radius 3 is 2.38 bits per heavy atom. The summed E-state index contributed by atoms with van der Waals surface area (Å²) in [6.45, 7) is 2.68. The van der Waals surface area contributed by atoms with Crippen LogP contribution in [0.1, 0.15) is 47.4 Å². The van der Waals surface area contributed by atoms with Gasteiger partial charge >= 0.3 is 5.97 Å². The lowest BCUT2D eigenvalue weighted by Crippen LogP contribution is -2.57. The van der Waals surface area contributed by atoms with Crippen LogP contribution in [0.3, 0.4) is 0 Å². The maximum Gasteiger partial charge on any atom is 0.303 e. The summed E-state index contributed by atoms with van der Waals surface area (Å²) >= 11 is 0. The summed E-state index contributed by atoms with van der Waals surface area (Å²) < 4.78 is 0. The zero-order valence-electron chi connectivity index (χ0n) is 18.3. The highest BCUT2D eigenvalue weighted by atomic mass is 16.4. The molecule has 3 aliphatic carbocycles. The first kappa shape index (κ1) is 19.8. The Hall–Kier alpha value is -2.91. The van der Waals surface area contributed by atoms with Gasteiger partial charge in [0.2, 0.25) is 0 Å². The van der Waals surface area contributed by atoms with Crippen molar-refractivity contribution in [1.82, 2.24) is 4.90 Å². The molecule has 1 N–H and O–H groups in total. The third kappa shape index (κ3) is 2.74. The van der Waals surface area contributed by atoms with Crippen molar-refractivity contribution in [2.75, 3.05) is 13.1 Å². The SMILES string of the molecule is O=C(O)CC12CN(Cc3ccccc3)CC1C1(c3ccccc3)CCC2c2ccccc21. The number of aliphatic carboxylic acids is 1. The van der Waals surface area contributed by atoms with E-state index in [2.05, 4.69) is 89.8 Å². The lowest BCUT2D eigenvalue weighted by atomic mass is 9.41. The summed E-state index contributed by atoms with van der Waals surface area (Å²) in [5, 5.41) is 10.1. The molecule has 0 radical (unpaired) electrons. The van der Waals surface area contributed by atoms with Gasteiger partial charge in [-0.05, 0) is 46.9 Å². The third-order valence-electron chi connectivity index (χ3n) is 8.60. The van der Waals surface area contributed by atoms with Crippen molar-refractivity contribution < 1.29 is 9.90 Å². The Balaban J connectivity index is 1.53. The summed E-state index contributed by atoms with van der Waals surface area (Å²) in [6.07, 6.45) is 2.41. The molecule has 1 saturated carbocycles. The minimum Gasteiger partial charge on any atom is -0.481 e. The van der Waals surface area contributed by atoms with Crippen LogP contribution in [0.2, 0.25) is 0 Å². The smallest absolute Gasteiger partial charge is 0.303 e. The Bertz CT molecular complexity index is 1140. The van der Waals surface area contributed by atoms with Crippen molar-refractivity contribution >= 4 is 5.97 Å². The van der Waals surface area contributed by atoms with Crippen LogP contribution in [-0.2, 0) is 16.8 Å². The lowest BCUT2D eigenvalue weighted by Gasteiger charge is -2.61. The van der Waals surface area contributed by atoms with Gasteiger partial charge in [0.15, 0.2) is 0 Å². The Morgan fingerprint density at radius 1 is 0.938 bits per heavy atom. The predicted molar refractivity (Wildman–Crippen MR) is 126 cm³/mol. The molecular weight excluding hydrogens is 394 g/mol. The Labute approximate surface area is 189 Å². The fraction of sp³-hybridized carbons (Fsp3) is 0.345. The number of hydrogen-bond acceptors (Lipinski definition) is 2. The highest BCUT2D eigenvalue weighted by Crippen LogP contribution is 2.69. The molecule has 0 amide bonds. The van der Waals surface area contributed by atoms with Gasteiger partial charge in [0.25, 0.3) is 0 Å². The van der Waals surface area contributed by atoms with Gasteiger partial charge in [-0.15, -0.1) is 0 Å². The molecule has 3 aromatic rings. The van der Waals surface area contributed by atoms with E-state index in [1.54, 1.807) is 0 Å². The van der Waals surface area contributed by atoms with E-state index < -0.39 is 5.97 Å². The quantitative estimate of drug-likeness (QED) is 0.593. The van der Waals surface area contributed by atoms with Gasteiger partial charge in [0.1, 0.15) is 0 Å². The highest BCUT2D eigenvalue weighted by molar-refractivity contribution is 5.69. The zero-order valence-corrected chi connectivity index (χ0v) is 18.3. The number of nitrogens with zero attached hydrogens (tertiary/aromatic N) is 1. The molecule has 0 spiro atoms. The number of rotatable bonds is 5. The molecule has 4 aliphatic rings. The Kier molecular flexibility index (Phi) is 4.51. The molecule has 4 unspecified atom stereocenters. The number of hydrogen-bond donors (Lipinski definition) is 1. The number of fused-ring (bicyclic) bond motifs is 1. The molecule has 2 bridgehead atoms. The molecular formula is C29H29NO2. The number of benzene rings is 3. The second-order valence-electron chi connectivity index (χ2n) is 10.0. The first-order valence-electron chi connectivity index (χ1n) is 11.8. The van der Waals surface area contributed by atoms with Crippen LogP contribution in [0.4, 0.5) is 0 Å². The van der Waals surface area contributed by atoms with Gasteiger partial charge in [-0.3, -0.25) is 9.69 Å². The summed E-state index contributed by atoms with van der Waals surface area (Å²) in [7, 11) is 0. The first-order valence-corrected chi connectivity index (χ1v) is 11.8. The van der Waals surface area contributed by atoms with E-state index in [0.29, 0.717) is 11.8 Å². The van der Waals surface area contributed by atoms with Gasteiger partial charge in [0, 0.05) is 30.5 Å². The van der Waals surface area contributed by atoms with Crippen molar-refractivity contribution in [2.45, 2.75) is 37.1 Å². The summed E-state index contributed by atoms with van der Waals surface area (Å²) in [5.41, 5.74) is 5.13. The van der Waals surface area contributed by atoms with Crippen LogP contribution in [0.15, 0.2) is 84.9 Å². The molecule has 3 aromatic carbocycles.